The summed E-state index contributed by atoms with van der Waals surface area (Å²) in [6.07, 6.45) is 0. The van der Waals surface area contributed by atoms with Crippen LogP contribution in [0.2, 0.25) is 5.02 Å². The van der Waals surface area contributed by atoms with E-state index in [0.29, 0.717) is 16.3 Å². The van der Waals surface area contributed by atoms with Gasteiger partial charge in [-0.25, -0.2) is 4.39 Å². The Balaban J connectivity index is 2.33. The SMILES string of the molecule is CC(c1cccc(Cl)c1)N(C)c1cc(F)cc(C#N)c1. The third-order valence-corrected chi connectivity index (χ3v) is 3.57. The number of nitrogens with zero attached hydrogens (tertiary/aromatic N) is 2. The molecule has 0 aromatic heterocycles. The highest BCUT2D eigenvalue weighted by Crippen LogP contribution is 2.28. The van der Waals surface area contributed by atoms with Crippen LogP contribution >= 0.6 is 11.6 Å². The molecule has 20 heavy (non-hydrogen) atoms. The zero-order valence-electron chi connectivity index (χ0n) is 11.3. The van der Waals surface area contributed by atoms with Crippen molar-refractivity contribution in [3.63, 3.8) is 0 Å². The summed E-state index contributed by atoms with van der Waals surface area (Å²) in [5, 5.41) is 9.57. The molecule has 0 heterocycles. The lowest BCUT2D eigenvalue weighted by molar-refractivity contribution is 0.625. The van der Waals surface area contributed by atoms with E-state index in [1.165, 1.54) is 12.1 Å². The molecule has 0 fully saturated rings. The molecular weight excluding hydrogens is 275 g/mol. The van der Waals surface area contributed by atoms with Crippen molar-refractivity contribution in [1.29, 1.82) is 5.26 Å². The van der Waals surface area contributed by atoms with Crippen molar-refractivity contribution in [3.8, 4) is 6.07 Å². The smallest absolute Gasteiger partial charge is 0.126 e. The maximum atomic E-state index is 13.5. The first-order valence-corrected chi connectivity index (χ1v) is 6.58. The van der Waals surface area contributed by atoms with Crippen molar-refractivity contribution in [2.45, 2.75) is 13.0 Å². The minimum atomic E-state index is -0.413. The molecular formula is C16H14ClFN2. The molecule has 0 radical (unpaired) electrons. The van der Waals surface area contributed by atoms with Crippen molar-refractivity contribution in [1.82, 2.24) is 0 Å². The van der Waals surface area contributed by atoms with Gasteiger partial charge in [-0.3, -0.25) is 0 Å². The van der Waals surface area contributed by atoms with Crippen LogP contribution in [-0.2, 0) is 0 Å². The molecule has 2 aromatic rings. The zero-order valence-corrected chi connectivity index (χ0v) is 12.0. The van der Waals surface area contributed by atoms with Gasteiger partial charge < -0.3 is 4.90 Å². The van der Waals surface area contributed by atoms with Crippen LogP contribution in [0.15, 0.2) is 42.5 Å². The highest BCUT2D eigenvalue weighted by molar-refractivity contribution is 6.30. The second-order valence-corrected chi connectivity index (χ2v) is 5.09. The summed E-state index contributed by atoms with van der Waals surface area (Å²) >= 11 is 5.99. The van der Waals surface area contributed by atoms with E-state index in [2.05, 4.69) is 0 Å². The van der Waals surface area contributed by atoms with E-state index >= 15 is 0 Å². The summed E-state index contributed by atoms with van der Waals surface area (Å²) in [6.45, 7) is 2.00. The predicted molar refractivity (Wildman–Crippen MR) is 79.4 cm³/mol. The van der Waals surface area contributed by atoms with Crippen LogP contribution in [0.25, 0.3) is 0 Å². The van der Waals surface area contributed by atoms with Gasteiger partial charge >= 0.3 is 0 Å². The van der Waals surface area contributed by atoms with Gasteiger partial charge in [-0.1, -0.05) is 23.7 Å². The van der Waals surface area contributed by atoms with E-state index in [0.717, 1.165) is 5.56 Å². The van der Waals surface area contributed by atoms with Gasteiger partial charge in [0.15, 0.2) is 0 Å². The molecule has 0 amide bonds. The van der Waals surface area contributed by atoms with E-state index in [1.54, 1.807) is 6.07 Å². The topological polar surface area (TPSA) is 27.0 Å². The minimum Gasteiger partial charge on any atom is -0.368 e. The second-order valence-electron chi connectivity index (χ2n) is 4.65. The number of hydrogen-bond donors (Lipinski definition) is 0. The Kier molecular flexibility index (Phi) is 4.26. The second kappa shape index (κ2) is 5.94. The van der Waals surface area contributed by atoms with Crippen LogP contribution in [0, 0.1) is 17.1 Å². The van der Waals surface area contributed by atoms with Gasteiger partial charge in [0.1, 0.15) is 5.82 Å². The molecule has 0 saturated carbocycles. The monoisotopic (exact) mass is 288 g/mol. The standard InChI is InChI=1S/C16H14ClFN2/c1-11(13-4-3-5-14(17)8-13)20(2)16-7-12(10-19)6-15(18)9-16/h3-9,11H,1-2H3. The summed E-state index contributed by atoms with van der Waals surface area (Å²) in [5.41, 5.74) is 2.00. The maximum absolute atomic E-state index is 13.5. The third kappa shape index (κ3) is 3.09. The quantitative estimate of drug-likeness (QED) is 0.828. The normalized spacial score (nSPS) is 11.8. The lowest BCUT2D eigenvalue weighted by Gasteiger charge is -2.27. The van der Waals surface area contributed by atoms with Crippen LogP contribution in [0.3, 0.4) is 0 Å². The van der Waals surface area contributed by atoms with Gasteiger partial charge in [0.25, 0.3) is 0 Å². The lowest BCUT2D eigenvalue weighted by Crippen LogP contribution is -2.21. The van der Waals surface area contributed by atoms with Crippen LogP contribution in [0.5, 0.6) is 0 Å². The first-order chi connectivity index (χ1) is 9.51. The molecule has 0 spiro atoms. The molecule has 0 saturated heterocycles. The molecule has 2 nitrogen and oxygen atoms in total. The Morgan fingerprint density at radius 2 is 2.00 bits per heavy atom. The molecule has 0 aliphatic heterocycles. The van der Waals surface area contributed by atoms with E-state index in [-0.39, 0.29) is 6.04 Å². The van der Waals surface area contributed by atoms with E-state index in [4.69, 9.17) is 16.9 Å². The van der Waals surface area contributed by atoms with E-state index in [9.17, 15) is 4.39 Å². The molecule has 2 rings (SSSR count). The summed E-state index contributed by atoms with van der Waals surface area (Å²) in [4.78, 5) is 1.91. The van der Waals surface area contributed by atoms with Gasteiger partial charge in [-0.05, 0) is 42.8 Å². The van der Waals surface area contributed by atoms with Crippen LogP contribution in [-0.4, -0.2) is 7.05 Å². The molecule has 0 N–H and O–H groups in total. The summed E-state index contributed by atoms with van der Waals surface area (Å²) in [7, 11) is 1.86. The molecule has 4 heteroatoms. The fourth-order valence-corrected chi connectivity index (χ4v) is 2.25. The molecule has 102 valence electrons. The van der Waals surface area contributed by atoms with Crippen molar-refractivity contribution in [2.24, 2.45) is 0 Å². The Labute approximate surface area is 123 Å². The predicted octanol–water partition coefficient (Wildman–Crippen LogP) is 4.55. The van der Waals surface area contributed by atoms with Gasteiger partial charge in [0, 0.05) is 17.8 Å². The Hall–Kier alpha value is -2.05. The highest BCUT2D eigenvalue weighted by Gasteiger charge is 2.14. The lowest BCUT2D eigenvalue weighted by atomic mass is 10.1. The average molecular weight is 289 g/mol. The number of nitriles is 1. The fraction of sp³-hybridized carbons (Fsp3) is 0.188. The van der Waals surface area contributed by atoms with E-state index < -0.39 is 5.82 Å². The van der Waals surface area contributed by atoms with E-state index in [1.807, 2.05) is 49.2 Å². The van der Waals surface area contributed by atoms with Gasteiger partial charge in [0.2, 0.25) is 0 Å². The van der Waals surface area contributed by atoms with Crippen molar-refractivity contribution >= 4 is 17.3 Å². The van der Waals surface area contributed by atoms with Gasteiger partial charge in [0.05, 0.1) is 17.7 Å². The van der Waals surface area contributed by atoms with Gasteiger partial charge in [-0.15, -0.1) is 0 Å². The molecule has 0 aliphatic rings. The molecule has 0 aliphatic carbocycles. The maximum Gasteiger partial charge on any atom is 0.126 e. The number of hydrogen-bond acceptors (Lipinski definition) is 2. The Morgan fingerprint density at radius 3 is 2.65 bits per heavy atom. The molecule has 1 unspecified atom stereocenters. The van der Waals surface area contributed by atoms with Crippen molar-refractivity contribution < 1.29 is 4.39 Å². The molecule has 2 aromatic carbocycles. The average Bonchev–Trinajstić information content (AvgIpc) is 2.45. The fourth-order valence-electron chi connectivity index (χ4n) is 2.06. The number of anilines is 1. The molecule has 1 atom stereocenters. The van der Waals surface area contributed by atoms with Crippen molar-refractivity contribution in [2.75, 3.05) is 11.9 Å². The summed E-state index contributed by atoms with van der Waals surface area (Å²) in [6, 6.07) is 13.8. The Morgan fingerprint density at radius 1 is 1.25 bits per heavy atom. The van der Waals surface area contributed by atoms with Gasteiger partial charge in [-0.2, -0.15) is 5.26 Å². The number of halogens is 2. The number of benzene rings is 2. The van der Waals surface area contributed by atoms with Crippen LogP contribution in [0.1, 0.15) is 24.1 Å². The first-order valence-electron chi connectivity index (χ1n) is 6.20. The number of rotatable bonds is 3. The first kappa shape index (κ1) is 14.4. The van der Waals surface area contributed by atoms with Crippen LogP contribution in [0.4, 0.5) is 10.1 Å². The third-order valence-electron chi connectivity index (χ3n) is 3.33. The summed E-state index contributed by atoms with van der Waals surface area (Å²) < 4.78 is 13.5. The molecule has 0 bridgehead atoms. The Bertz CT molecular complexity index is 664. The largest absolute Gasteiger partial charge is 0.368 e. The highest BCUT2D eigenvalue weighted by atomic mass is 35.5. The minimum absolute atomic E-state index is 0.0158. The van der Waals surface area contributed by atoms with Crippen molar-refractivity contribution in [3.05, 3.63) is 64.4 Å². The zero-order chi connectivity index (χ0) is 14.7. The van der Waals surface area contributed by atoms with Crippen LogP contribution < -0.4 is 4.90 Å². The summed E-state index contributed by atoms with van der Waals surface area (Å²) in [5.74, 6) is -0.413.